The molecule has 3 aromatic carbocycles. The number of nitrogens with zero attached hydrogens (tertiary/aromatic N) is 2. The molecule has 4 rings (SSSR count). The van der Waals surface area contributed by atoms with E-state index in [4.69, 9.17) is 14.2 Å². The number of rotatable bonds is 14. The molecule has 10 nitrogen and oxygen atoms in total. The van der Waals surface area contributed by atoms with Gasteiger partial charge in [-0.2, -0.15) is 0 Å². The number of anilines is 1. The van der Waals surface area contributed by atoms with E-state index in [2.05, 4.69) is 5.32 Å². The third kappa shape index (κ3) is 8.48. The first-order valence-corrected chi connectivity index (χ1v) is 16.7. The Morgan fingerprint density at radius 2 is 1.58 bits per heavy atom. The second kappa shape index (κ2) is 15.7. The summed E-state index contributed by atoms with van der Waals surface area (Å²) in [7, 11) is -1.42. The van der Waals surface area contributed by atoms with Crippen molar-refractivity contribution in [3.05, 3.63) is 78.4 Å². The van der Waals surface area contributed by atoms with Crippen LogP contribution >= 0.6 is 0 Å². The van der Waals surface area contributed by atoms with Crippen LogP contribution in [0.25, 0.3) is 0 Å². The van der Waals surface area contributed by atoms with Crippen LogP contribution in [0.3, 0.4) is 0 Å². The summed E-state index contributed by atoms with van der Waals surface area (Å²) < 4.78 is 45.7. The summed E-state index contributed by atoms with van der Waals surface area (Å²) in [5, 5.41) is 3.12. The van der Waals surface area contributed by atoms with Gasteiger partial charge in [-0.1, -0.05) is 49.6 Å². The van der Waals surface area contributed by atoms with E-state index in [1.807, 2.05) is 37.3 Å². The van der Waals surface area contributed by atoms with Crippen molar-refractivity contribution in [1.82, 2.24) is 10.2 Å². The van der Waals surface area contributed by atoms with Crippen molar-refractivity contribution in [2.24, 2.45) is 0 Å². The van der Waals surface area contributed by atoms with Crippen molar-refractivity contribution < 1.29 is 32.2 Å². The fourth-order valence-electron chi connectivity index (χ4n) is 5.44. The lowest BCUT2D eigenvalue weighted by Crippen LogP contribution is -2.53. The van der Waals surface area contributed by atoms with E-state index in [1.165, 1.54) is 37.3 Å². The van der Waals surface area contributed by atoms with Gasteiger partial charge in [-0.15, -0.1) is 0 Å². The largest absolute Gasteiger partial charge is 0.494 e. The Morgan fingerprint density at radius 1 is 0.911 bits per heavy atom. The number of ether oxygens (including phenoxy) is 3. The van der Waals surface area contributed by atoms with Crippen LogP contribution in [0.15, 0.2) is 77.7 Å². The molecule has 0 saturated heterocycles. The highest BCUT2D eigenvalue weighted by Gasteiger charge is 2.33. The molecule has 0 radical (unpaired) electrons. The Labute approximate surface area is 266 Å². The van der Waals surface area contributed by atoms with Gasteiger partial charge >= 0.3 is 0 Å². The number of benzene rings is 3. The molecule has 1 N–H and O–H groups in total. The third-order valence-electron chi connectivity index (χ3n) is 7.97. The molecule has 1 saturated carbocycles. The van der Waals surface area contributed by atoms with Crippen LogP contribution in [0.1, 0.15) is 51.5 Å². The molecule has 45 heavy (non-hydrogen) atoms. The second-order valence-electron chi connectivity index (χ2n) is 11.0. The molecular weight excluding hydrogens is 594 g/mol. The summed E-state index contributed by atoms with van der Waals surface area (Å²) in [6, 6.07) is 19.3. The van der Waals surface area contributed by atoms with Gasteiger partial charge in [-0.25, -0.2) is 8.42 Å². The van der Waals surface area contributed by atoms with Gasteiger partial charge in [0.1, 0.15) is 18.3 Å². The van der Waals surface area contributed by atoms with Gasteiger partial charge in [0.25, 0.3) is 10.0 Å². The fourth-order valence-corrected chi connectivity index (χ4v) is 6.87. The minimum atomic E-state index is -4.30. The quantitative estimate of drug-likeness (QED) is 0.260. The minimum absolute atomic E-state index is 0.0631. The van der Waals surface area contributed by atoms with Gasteiger partial charge in [-0.3, -0.25) is 13.9 Å². The molecule has 3 aromatic rings. The monoisotopic (exact) mass is 637 g/mol. The first-order valence-electron chi connectivity index (χ1n) is 15.3. The Bertz CT molecular complexity index is 1530. The fraction of sp³-hybridized carbons (Fsp3) is 0.412. The smallest absolute Gasteiger partial charge is 0.264 e. The van der Waals surface area contributed by atoms with E-state index in [-0.39, 0.29) is 34.8 Å². The molecular formula is C34H43N3O7S. The molecule has 2 amide bonds. The number of nitrogens with one attached hydrogen (secondary N) is 1. The van der Waals surface area contributed by atoms with Crippen molar-refractivity contribution in [1.29, 1.82) is 0 Å². The summed E-state index contributed by atoms with van der Waals surface area (Å²) >= 11 is 0. The molecule has 1 unspecified atom stereocenters. The second-order valence-corrected chi connectivity index (χ2v) is 12.8. The SMILES string of the molecule is CCOc1ccc(N(CC(=O)N(Cc2ccccc2)C(C)C(=O)NC2CCCCC2)S(=O)(=O)c2ccc(OC)c(OC)c2)cc1. The van der Waals surface area contributed by atoms with Crippen LogP contribution in [0.5, 0.6) is 17.2 Å². The van der Waals surface area contributed by atoms with Crippen molar-refractivity contribution in [3.63, 3.8) is 0 Å². The molecule has 1 aliphatic carbocycles. The summed E-state index contributed by atoms with van der Waals surface area (Å²) in [6.07, 6.45) is 5.06. The van der Waals surface area contributed by atoms with Crippen LogP contribution < -0.4 is 23.8 Å². The van der Waals surface area contributed by atoms with Crippen LogP contribution in [-0.4, -0.2) is 64.6 Å². The number of hydrogen-bond acceptors (Lipinski definition) is 7. The Balaban J connectivity index is 1.70. The maximum absolute atomic E-state index is 14.2. The molecule has 11 heteroatoms. The van der Waals surface area contributed by atoms with Crippen molar-refractivity contribution >= 4 is 27.5 Å². The number of amides is 2. The highest BCUT2D eigenvalue weighted by atomic mass is 32.2. The zero-order valence-corrected chi connectivity index (χ0v) is 27.2. The molecule has 0 spiro atoms. The van der Waals surface area contributed by atoms with Gasteiger partial charge in [-0.05, 0) is 68.7 Å². The summed E-state index contributed by atoms with van der Waals surface area (Å²) in [6.45, 7) is 3.57. The topological polar surface area (TPSA) is 114 Å². The molecule has 0 heterocycles. The number of methoxy groups -OCH3 is 2. The molecule has 0 bridgehead atoms. The van der Waals surface area contributed by atoms with E-state index < -0.39 is 28.5 Å². The van der Waals surface area contributed by atoms with E-state index in [0.717, 1.165) is 42.0 Å². The number of carbonyl (C=O) groups excluding carboxylic acids is 2. The minimum Gasteiger partial charge on any atom is -0.494 e. The van der Waals surface area contributed by atoms with Crippen LogP contribution in [0, 0.1) is 0 Å². The average molecular weight is 638 g/mol. The highest BCUT2D eigenvalue weighted by molar-refractivity contribution is 7.92. The molecule has 0 aromatic heterocycles. The van der Waals surface area contributed by atoms with Crippen LogP contribution in [-0.2, 0) is 26.2 Å². The summed E-state index contributed by atoms with van der Waals surface area (Å²) in [5.41, 5.74) is 1.08. The predicted molar refractivity (Wildman–Crippen MR) is 173 cm³/mol. The molecule has 0 aliphatic heterocycles. The third-order valence-corrected chi connectivity index (χ3v) is 9.74. The van der Waals surface area contributed by atoms with Crippen LogP contribution in [0.4, 0.5) is 5.69 Å². The summed E-state index contributed by atoms with van der Waals surface area (Å²) in [4.78, 5) is 29.0. The Morgan fingerprint density at radius 3 is 2.20 bits per heavy atom. The highest BCUT2D eigenvalue weighted by Crippen LogP contribution is 2.33. The Hall–Kier alpha value is -4.25. The average Bonchev–Trinajstić information content (AvgIpc) is 3.06. The van der Waals surface area contributed by atoms with E-state index >= 15 is 0 Å². The number of hydrogen-bond donors (Lipinski definition) is 1. The van der Waals surface area contributed by atoms with Crippen molar-refractivity contribution in [2.75, 3.05) is 31.7 Å². The number of sulfonamides is 1. The van der Waals surface area contributed by atoms with Gasteiger partial charge in [0.15, 0.2) is 11.5 Å². The lowest BCUT2D eigenvalue weighted by Gasteiger charge is -2.33. The normalized spacial score (nSPS) is 14.2. The van der Waals surface area contributed by atoms with Crippen LogP contribution in [0.2, 0.25) is 0 Å². The van der Waals surface area contributed by atoms with E-state index in [9.17, 15) is 18.0 Å². The Kier molecular flexibility index (Phi) is 11.7. The van der Waals surface area contributed by atoms with Gasteiger partial charge in [0, 0.05) is 18.7 Å². The zero-order chi connectivity index (χ0) is 32.4. The standard InChI is InChI=1S/C34H43N3O7S/c1-5-44-29-18-16-28(17-19-29)37(45(40,41)30-20-21-31(42-3)32(22-30)43-4)24-33(38)36(23-26-12-8-6-9-13-26)25(2)34(39)35-27-14-10-7-11-15-27/h6,8-9,12-13,16-22,25,27H,5,7,10-11,14-15,23-24H2,1-4H3,(H,35,39). The number of carbonyl (C=O) groups is 2. The van der Waals surface area contributed by atoms with Gasteiger partial charge in [0.05, 0.1) is 31.4 Å². The van der Waals surface area contributed by atoms with Crippen molar-refractivity contribution in [3.8, 4) is 17.2 Å². The maximum Gasteiger partial charge on any atom is 0.264 e. The zero-order valence-electron chi connectivity index (χ0n) is 26.4. The molecule has 242 valence electrons. The maximum atomic E-state index is 14.2. The molecule has 1 atom stereocenters. The van der Waals surface area contributed by atoms with E-state index in [1.54, 1.807) is 31.2 Å². The first-order chi connectivity index (χ1) is 21.7. The van der Waals surface area contributed by atoms with Gasteiger partial charge < -0.3 is 24.4 Å². The van der Waals surface area contributed by atoms with E-state index in [0.29, 0.717) is 18.1 Å². The molecule has 1 aliphatic rings. The first kappa shape index (κ1) is 33.6. The predicted octanol–water partition coefficient (Wildman–Crippen LogP) is 5.16. The van der Waals surface area contributed by atoms with Crippen molar-refractivity contribution in [2.45, 2.75) is 69.5 Å². The lowest BCUT2D eigenvalue weighted by molar-refractivity contribution is -0.139. The lowest BCUT2D eigenvalue weighted by atomic mass is 9.95. The summed E-state index contributed by atoms with van der Waals surface area (Å²) in [5.74, 6) is 0.376. The molecule has 1 fully saturated rings. The van der Waals surface area contributed by atoms with Gasteiger partial charge in [0.2, 0.25) is 11.8 Å².